The summed E-state index contributed by atoms with van der Waals surface area (Å²) in [6.07, 6.45) is 1.92. The van der Waals surface area contributed by atoms with Gasteiger partial charge in [0.1, 0.15) is 17.4 Å². The molecule has 0 saturated carbocycles. The van der Waals surface area contributed by atoms with E-state index in [-0.39, 0.29) is 27.4 Å². The number of phenols is 1. The summed E-state index contributed by atoms with van der Waals surface area (Å²) in [6, 6.07) is 39.6. The minimum absolute atomic E-state index is 0.0601. The standard InChI is InChI=1S/C54H56N4O/c1-32-27-34(28-40-46(32)54(11,12)45-24-22-37-25-26-55-49(40)57(37)45)38-19-16-20-44-47(38)56-50(41-30-36(52(5,6)7)31-42(48(41)59)53(8,9)10)58(44)43-23-21-35(51(2,3)4)29-39(43)33-17-14-13-15-18-33/h13-31,59H,1-12H3. The minimum Gasteiger partial charge on any atom is -0.507 e. The minimum atomic E-state index is -0.309. The van der Waals surface area contributed by atoms with E-state index in [0.29, 0.717) is 5.82 Å². The fourth-order valence-electron chi connectivity index (χ4n) is 9.43. The van der Waals surface area contributed by atoms with Gasteiger partial charge >= 0.3 is 0 Å². The SMILES string of the molecule is Cc1cc(-c2cccc3c2nc(-c2cc(C(C)(C)C)cc(C(C)(C)C)c2O)n3-c2ccc(C(C)(C)C)cc2-c2ccccc2)cc2c1C(C)(C)c1ccc3ccnc-2n13. The van der Waals surface area contributed by atoms with E-state index in [1.807, 2.05) is 6.20 Å². The van der Waals surface area contributed by atoms with Crippen LogP contribution in [0.4, 0.5) is 0 Å². The molecule has 1 aliphatic heterocycles. The van der Waals surface area contributed by atoms with Gasteiger partial charge < -0.3 is 5.11 Å². The van der Waals surface area contributed by atoms with E-state index >= 15 is 0 Å². The molecule has 1 aliphatic rings. The summed E-state index contributed by atoms with van der Waals surface area (Å²) in [6.45, 7) is 26.9. The summed E-state index contributed by atoms with van der Waals surface area (Å²) in [5, 5.41) is 12.5. The van der Waals surface area contributed by atoms with Crippen LogP contribution in [0, 0.1) is 6.92 Å². The summed E-state index contributed by atoms with van der Waals surface area (Å²) < 4.78 is 4.62. The Kier molecular flexibility index (Phi) is 8.52. The van der Waals surface area contributed by atoms with E-state index in [1.54, 1.807) is 0 Å². The van der Waals surface area contributed by atoms with E-state index in [1.165, 1.54) is 22.4 Å². The molecule has 0 aliphatic carbocycles. The van der Waals surface area contributed by atoms with Crippen LogP contribution in [0.1, 0.15) is 110 Å². The smallest absolute Gasteiger partial charge is 0.149 e. The molecule has 59 heavy (non-hydrogen) atoms. The van der Waals surface area contributed by atoms with E-state index in [2.05, 4.69) is 201 Å². The molecule has 0 spiro atoms. The largest absolute Gasteiger partial charge is 0.507 e. The summed E-state index contributed by atoms with van der Waals surface area (Å²) >= 11 is 0. The highest BCUT2D eigenvalue weighted by atomic mass is 16.3. The van der Waals surface area contributed by atoms with Crippen molar-refractivity contribution < 1.29 is 5.11 Å². The lowest BCUT2D eigenvalue weighted by Gasteiger charge is -2.35. The van der Waals surface area contributed by atoms with Gasteiger partial charge in [0.05, 0.1) is 22.3 Å². The third-order valence-corrected chi connectivity index (χ3v) is 12.6. The molecule has 8 aromatic rings. The molecular weight excluding hydrogens is 721 g/mol. The van der Waals surface area contributed by atoms with Gasteiger partial charge in [0, 0.05) is 45.1 Å². The maximum atomic E-state index is 12.5. The Morgan fingerprint density at radius 2 is 1.31 bits per heavy atom. The molecule has 0 fully saturated rings. The van der Waals surface area contributed by atoms with Gasteiger partial charge in [-0.05, 0) is 105 Å². The van der Waals surface area contributed by atoms with Crippen molar-refractivity contribution in [3.8, 4) is 56.5 Å². The van der Waals surface area contributed by atoms with Crippen LogP contribution in [0.2, 0.25) is 0 Å². The highest BCUT2D eigenvalue weighted by Gasteiger charge is 2.37. The zero-order valence-electron chi connectivity index (χ0n) is 36.7. The monoisotopic (exact) mass is 776 g/mol. The lowest BCUT2D eigenvalue weighted by Crippen LogP contribution is -2.28. The molecule has 0 radical (unpaired) electrons. The molecule has 5 aromatic carbocycles. The van der Waals surface area contributed by atoms with Gasteiger partial charge in [-0.25, -0.2) is 9.97 Å². The number of fused-ring (bicyclic) bond motifs is 3. The first-order valence-corrected chi connectivity index (χ1v) is 21.0. The number of aromatic nitrogens is 4. The highest BCUT2D eigenvalue weighted by Crippen LogP contribution is 2.49. The number of nitrogens with zero attached hydrogens (tertiary/aromatic N) is 4. The first-order valence-electron chi connectivity index (χ1n) is 21.0. The maximum absolute atomic E-state index is 12.5. The van der Waals surface area contributed by atoms with Gasteiger partial charge in [-0.15, -0.1) is 0 Å². The third-order valence-electron chi connectivity index (χ3n) is 12.6. The topological polar surface area (TPSA) is 55.4 Å². The number of aryl methyl sites for hydroxylation is 1. The molecule has 5 nitrogen and oxygen atoms in total. The van der Waals surface area contributed by atoms with Crippen molar-refractivity contribution in [2.75, 3.05) is 0 Å². The van der Waals surface area contributed by atoms with Crippen LogP contribution < -0.4 is 0 Å². The number of hydrogen-bond donors (Lipinski definition) is 1. The van der Waals surface area contributed by atoms with Crippen LogP contribution in [0.25, 0.3) is 67.3 Å². The second-order valence-corrected chi connectivity index (χ2v) is 20.3. The van der Waals surface area contributed by atoms with Gasteiger partial charge in [-0.1, -0.05) is 137 Å². The van der Waals surface area contributed by atoms with Crippen molar-refractivity contribution in [2.24, 2.45) is 0 Å². The van der Waals surface area contributed by atoms with Crippen molar-refractivity contribution >= 4 is 16.6 Å². The molecule has 298 valence electrons. The molecule has 1 N–H and O–H groups in total. The van der Waals surface area contributed by atoms with Gasteiger partial charge in [0.15, 0.2) is 0 Å². The summed E-state index contributed by atoms with van der Waals surface area (Å²) in [5.41, 5.74) is 16.6. The molecule has 5 heteroatoms. The molecule has 0 bridgehead atoms. The first-order chi connectivity index (χ1) is 27.7. The second kappa shape index (κ2) is 13.0. The average Bonchev–Trinajstić information content (AvgIpc) is 3.79. The lowest BCUT2D eigenvalue weighted by atomic mass is 9.74. The number of phenolic OH excluding ortho intramolecular Hbond substituents is 1. The molecule has 0 saturated heterocycles. The number of aromatic hydroxyl groups is 1. The number of hydrogen-bond acceptors (Lipinski definition) is 3. The Morgan fingerprint density at radius 1 is 0.593 bits per heavy atom. The van der Waals surface area contributed by atoms with Gasteiger partial charge in [-0.3, -0.25) is 8.97 Å². The van der Waals surface area contributed by atoms with Crippen molar-refractivity contribution in [2.45, 2.75) is 105 Å². The predicted molar refractivity (Wildman–Crippen MR) is 246 cm³/mol. The second-order valence-electron chi connectivity index (χ2n) is 20.3. The molecule has 0 atom stereocenters. The van der Waals surface area contributed by atoms with Crippen LogP contribution in [0.3, 0.4) is 0 Å². The highest BCUT2D eigenvalue weighted by molar-refractivity contribution is 5.98. The van der Waals surface area contributed by atoms with Crippen LogP contribution in [-0.4, -0.2) is 24.0 Å². The zero-order chi connectivity index (χ0) is 42.0. The van der Waals surface area contributed by atoms with Crippen LogP contribution in [-0.2, 0) is 21.7 Å². The van der Waals surface area contributed by atoms with E-state index < -0.39 is 0 Å². The Bertz CT molecular complexity index is 2970. The van der Waals surface area contributed by atoms with Crippen molar-refractivity contribution in [3.63, 3.8) is 0 Å². The summed E-state index contributed by atoms with van der Waals surface area (Å²) in [4.78, 5) is 10.7. The fraction of sp³-hybridized carbons (Fsp3) is 0.296. The Morgan fingerprint density at radius 3 is 2.00 bits per heavy atom. The fourth-order valence-corrected chi connectivity index (χ4v) is 9.43. The summed E-state index contributed by atoms with van der Waals surface area (Å²) in [7, 11) is 0. The maximum Gasteiger partial charge on any atom is 0.149 e. The lowest BCUT2D eigenvalue weighted by molar-refractivity contribution is 0.446. The Labute approximate surface area is 349 Å². The molecule has 3 aromatic heterocycles. The van der Waals surface area contributed by atoms with E-state index in [0.717, 1.165) is 72.6 Å². The average molecular weight is 777 g/mol. The Balaban J connectivity index is 1.39. The number of rotatable bonds is 4. The molecule has 0 amide bonds. The Hall–Kier alpha value is -5.94. The predicted octanol–water partition coefficient (Wildman–Crippen LogP) is 13.9. The van der Waals surface area contributed by atoms with E-state index in [4.69, 9.17) is 9.97 Å². The van der Waals surface area contributed by atoms with E-state index in [9.17, 15) is 5.11 Å². The van der Waals surface area contributed by atoms with Crippen molar-refractivity contribution in [3.05, 3.63) is 149 Å². The molecule has 4 heterocycles. The van der Waals surface area contributed by atoms with Crippen LogP contribution in [0.5, 0.6) is 5.75 Å². The zero-order valence-corrected chi connectivity index (χ0v) is 36.7. The van der Waals surface area contributed by atoms with Crippen molar-refractivity contribution in [1.82, 2.24) is 18.9 Å². The molecular formula is C54H56N4O. The number of imidazole rings is 1. The molecule has 0 unspecified atom stereocenters. The quantitative estimate of drug-likeness (QED) is 0.194. The normalized spacial score (nSPS) is 14.0. The molecule has 9 rings (SSSR count). The van der Waals surface area contributed by atoms with Crippen LogP contribution in [0.15, 0.2) is 115 Å². The first kappa shape index (κ1) is 38.6. The number of benzene rings is 5. The van der Waals surface area contributed by atoms with Gasteiger partial charge in [0.25, 0.3) is 0 Å². The van der Waals surface area contributed by atoms with Gasteiger partial charge in [0.2, 0.25) is 0 Å². The number of para-hydroxylation sites is 1. The third kappa shape index (κ3) is 6.12. The van der Waals surface area contributed by atoms with Crippen LogP contribution >= 0.6 is 0 Å². The van der Waals surface area contributed by atoms with Gasteiger partial charge in [-0.2, -0.15) is 0 Å². The van der Waals surface area contributed by atoms with Crippen molar-refractivity contribution in [1.29, 1.82) is 0 Å². The summed E-state index contributed by atoms with van der Waals surface area (Å²) in [5.74, 6) is 1.94.